The summed E-state index contributed by atoms with van der Waals surface area (Å²) in [7, 11) is 3.90. The summed E-state index contributed by atoms with van der Waals surface area (Å²) >= 11 is 0. The summed E-state index contributed by atoms with van der Waals surface area (Å²) in [6.45, 7) is 11.0. The van der Waals surface area contributed by atoms with E-state index in [2.05, 4.69) is 49.4 Å². The summed E-state index contributed by atoms with van der Waals surface area (Å²) in [5, 5.41) is 19.5. The molecule has 1 aromatic carbocycles. The fraction of sp³-hybridized carbons (Fsp3) is 0.433. The first-order chi connectivity index (χ1) is 17.1. The Bertz CT molecular complexity index is 1260. The first kappa shape index (κ1) is 25.5. The van der Waals surface area contributed by atoms with Crippen LogP contribution in [-0.2, 0) is 0 Å². The van der Waals surface area contributed by atoms with Gasteiger partial charge >= 0.3 is 0 Å². The zero-order chi connectivity index (χ0) is 26.2. The first-order valence-electron chi connectivity index (χ1n) is 12.5. The van der Waals surface area contributed by atoms with Crippen LogP contribution in [0.1, 0.15) is 69.3 Å². The van der Waals surface area contributed by atoms with Crippen LogP contribution in [0.4, 0.5) is 10.1 Å². The number of anilines is 1. The smallest absolute Gasteiger partial charge is 0.141 e. The lowest BCUT2D eigenvalue weighted by molar-refractivity contribution is 0.150. The van der Waals surface area contributed by atoms with Gasteiger partial charge in [-0.3, -0.25) is 0 Å². The van der Waals surface area contributed by atoms with Crippen molar-refractivity contribution in [2.45, 2.75) is 58.4 Å². The van der Waals surface area contributed by atoms with Gasteiger partial charge in [0, 0.05) is 20.1 Å². The molecule has 1 fully saturated rings. The topological polar surface area (TPSA) is 67.0 Å². The summed E-state index contributed by atoms with van der Waals surface area (Å²) in [5.74, 6) is 0.626. The summed E-state index contributed by atoms with van der Waals surface area (Å²) in [5.41, 5.74) is 4.97. The van der Waals surface area contributed by atoms with Gasteiger partial charge in [-0.1, -0.05) is 39.5 Å². The highest BCUT2D eigenvalue weighted by atomic mass is 19.1. The van der Waals surface area contributed by atoms with Crippen LogP contribution in [0.15, 0.2) is 54.2 Å². The van der Waals surface area contributed by atoms with Crippen molar-refractivity contribution >= 4 is 11.4 Å². The number of benzene rings is 1. The highest BCUT2D eigenvalue weighted by Gasteiger charge is 2.38. The molecule has 0 radical (unpaired) electrons. The molecule has 0 spiro atoms. The molecule has 1 saturated carbocycles. The molecule has 2 aromatic rings. The van der Waals surface area contributed by atoms with Gasteiger partial charge in [0.05, 0.1) is 17.1 Å². The van der Waals surface area contributed by atoms with Crippen molar-refractivity contribution < 1.29 is 4.39 Å². The van der Waals surface area contributed by atoms with Gasteiger partial charge in [-0.2, -0.15) is 10.5 Å². The van der Waals surface area contributed by atoms with Crippen molar-refractivity contribution in [3.05, 3.63) is 77.0 Å². The molecule has 0 N–H and O–H groups in total. The van der Waals surface area contributed by atoms with Crippen LogP contribution in [0.5, 0.6) is 0 Å². The Morgan fingerprint density at radius 2 is 1.69 bits per heavy atom. The minimum absolute atomic E-state index is 0.0555. The Labute approximate surface area is 214 Å². The number of halogens is 1. The molecular formula is C30H34FN5. The van der Waals surface area contributed by atoms with E-state index in [1.807, 2.05) is 37.2 Å². The Balaban J connectivity index is 1.62. The van der Waals surface area contributed by atoms with Gasteiger partial charge < -0.3 is 9.80 Å². The zero-order valence-electron chi connectivity index (χ0n) is 21.8. The van der Waals surface area contributed by atoms with E-state index in [9.17, 15) is 14.9 Å². The lowest BCUT2D eigenvalue weighted by Crippen LogP contribution is -2.39. The van der Waals surface area contributed by atoms with E-state index >= 15 is 0 Å². The maximum absolute atomic E-state index is 13.6. The van der Waals surface area contributed by atoms with Gasteiger partial charge in [0.2, 0.25) is 0 Å². The number of nitrogens with zero attached hydrogens (tertiary/aromatic N) is 5. The second-order valence-electron chi connectivity index (χ2n) is 11.1. The number of hydrogen-bond donors (Lipinski definition) is 0. The molecule has 2 heterocycles. The van der Waals surface area contributed by atoms with Crippen molar-refractivity contribution in [3.63, 3.8) is 0 Å². The molecule has 186 valence electrons. The van der Waals surface area contributed by atoms with Crippen LogP contribution in [-0.4, -0.2) is 30.0 Å². The number of rotatable bonds is 4. The van der Waals surface area contributed by atoms with E-state index in [1.54, 1.807) is 18.2 Å². The largest absolute Gasteiger partial charge is 0.369 e. The Hall–Kier alpha value is -3.64. The molecule has 1 aliphatic carbocycles. The summed E-state index contributed by atoms with van der Waals surface area (Å²) in [6.07, 6.45) is 4.05. The maximum Gasteiger partial charge on any atom is 0.141 e. The number of aromatic nitrogens is 1. The molecule has 1 atom stereocenters. The second-order valence-corrected chi connectivity index (χ2v) is 11.1. The lowest BCUT2D eigenvalue weighted by Gasteiger charge is -2.44. The van der Waals surface area contributed by atoms with Crippen molar-refractivity contribution in [3.8, 4) is 12.1 Å². The average Bonchev–Trinajstić information content (AvgIpc) is 2.86. The van der Waals surface area contributed by atoms with Crippen molar-refractivity contribution in [1.29, 1.82) is 10.5 Å². The van der Waals surface area contributed by atoms with E-state index in [4.69, 9.17) is 0 Å². The van der Waals surface area contributed by atoms with E-state index in [-0.39, 0.29) is 17.3 Å². The van der Waals surface area contributed by atoms with Crippen molar-refractivity contribution in [2.75, 3.05) is 19.0 Å². The monoisotopic (exact) mass is 483 g/mol. The molecule has 0 bridgehead atoms. The number of hydrogen-bond acceptors (Lipinski definition) is 5. The molecule has 36 heavy (non-hydrogen) atoms. The molecule has 2 aliphatic rings. The van der Waals surface area contributed by atoms with Gasteiger partial charge in [0.25, 0.3) is 0 Å². The SMILES string of the molecule is C=C1C(C#N)=C(N(C)C2CCC(C(c3ccc(F)cc3)C(C)(C)C)CC2)c2nc(C#N)ccc2N1C. The molecule has 0 saturated heterocycles. The molecule has 0 amide bonds. The van der Waals surface area contributed by atoms with Gasteiger partial charge in [-0.25, -0.2) is 9.37 Å². The Morgan fingerprint density at radius 1 is 1.06 bits per heavy atom. The molecule has 5 nitrogen and oxygen atoms in total. The summed E-state index contributed by atoms with van der Waals surface area (Å²) < 4.78 is 13.6. The molecular weight excluding hydrogens is 449 g/mol. The maximum atomic E-state index is 13.6. The third-order valence-electron chi connectivity index (χ3n) is 7.89. The highest BCUT2D eigenvalue weighted by Crippen LogP contribution is 2.48. The number of nitriles is 2. The van der Waals surface area contributed by atoms with Gasteiger partial charge in [-0.15, -0.1) is 0 Å². The fourth-order valence-corrected chi connectivity index (χ4v) is 6.14. The van der Waals surface area contributed by atoms with Crippen molar-refractivity contribution in [1.82, 2.24) is 9.88 Å². The summed E-state index contributed by atoms with van der Waals surface area (Å²) in [4.78, 5) is 8.66. The van der Waals surface area contributed by atoms with Crippen molar-refractivity contribution in [2.24, 2.45) is 11.3 Å². The minimum atomic E-state index is -0.202. The van der Waals surface area contributed by atoms with Crippen LogP contribution < -0.4 is 4.90 Å². The van der Waals surface area contributed by atoms with Crippen LogP contribution in [0.2, 0.25) is 0 Å². The second kappa shape index (κ2) is 9.78. The number of fused-ring (bicyclic) bond motifs is 1. The van der Waals surface area contributed by atoms with E-state index < -0.39 is 0 Å². The Morgan fingerprint density at radius 3 is 2.25 bits per heavy atom. The third-order valence-corrected chi connectivity index (χ3v) is 7.89. The standard InChI is InChI=1S/C30H34FN5/c1-19-25(18-33)29(28-26(35(19)5)16-13-23(17-32)34-28)36(6)24-14-9-21(10-15-24)27(30(2,3)4)20-7-11-22(31)12-8-20/h7-8,11-13,16,21,24,27H,1,9-10,14-15H2,2-6H3. The number of pyridine rings is 1. The van der Waals surface area contributed by atoms with E-state index in [0.29, 0.717) is 34.5 Å². The molecule has 4 rings (SSSR count). The quantitative estimate of drug-likeness (QED) is 0.489. The molecule has 1 aromatic heterocycles. The highest BCUT2D eigenvalue weighted by molar-refractivity contribution is 5.86. The predicted octanol–water partition coefficient (Wildman–Crippen LogP) is 6.61. The number of likely N-dealkylation sites (N-methyl/N-ethyl adjacent to an activating group) is 1. The van der Waals surface area contributed by atoms with Gasteiger partial charge in [0.15, 0.2) is 0 Å². The zero-order valence-corrected chi connectivity index (χ0v) is 21.8. The Kier molecular flexibility index (Phi) is 6.92. The summed E-state index contributed by atoms with van der Waals surface area (Å²) in [6, 6.07) is 15.3. The van der Waals surface area contributed by atoms with Gasteiger partial charge in [0.1, 0.15) is 34.9 Å². The van der Waals surface area contributed by atoms with Crippen LogP contribution in [0.3, 0.4) is 0 Å². The van der Waals surface area contributed by atoms with Gasteiger partial charge in [-0.05, 0) is 72.8 Å². The predicted molar refractivity (Wildman–Crippen MR) is 141 cm³/mol. The number of allylic oxidation sites excluding steroid dienone is 1. The fourth-order valence-electron chi connectivity index (χ4n) is 6.14. The normalized spacial score (nSPS) is 20.9. The first-order valence-corrected chi connectivity index (χ1v) is 12.5. The van der Waals surface area contributed by atoms with Crippen LogP contribution in [0, 0.1) is 39.8 Å². The average molecular weight is 484 g/mol. The third kappa shape index (κ3) is 4.61. The molecule has 1 unspecified atom stereocenters. The molecule has 6 heteroatoms. The van der Waals surface area contributed by atoms with E-state index in [0.717, 1.165) is 37.1 Å². The van der Waals surface area contributed by atoms with Crippen LogP contribution >= 0.6 is 0 Å². The minimum Gasteiger partial charge on any atom is -0.369 e. The van der Waals surface area contributed by atoms with Crippen LogP contribution in [0.25, 0.3) is 5.70 Å². The van der Waals surface area contributed by atoms with E-state index in [1.165, 1.54) is 5.56 Å². The molecule has 1 aliphatic heterocycles. The lowest BCUT2D eigenvalue weighted by atomic mass is 9.65.